The number of nitrogens with zero attached hydrogens (tertiary/aromatic N) is 2. The molecular formula is C29H34FN3O5. The molecule has 0 aliphatic carbocycles. The molecule has 0 bridgehead atoms. The zero-order valence-corrected chi connectivity index (χ0v) is 22.1. The fourth-order valence-corrected chi connectivity index (χ4v) is 4.86. The summed E-state index contributed by atoms with van der Waals surface area (Å²) in [7, 11) is 3.04. The predicted octanol–water partition coefficient (Wildman–Crippen LogP) is 4.20. The molecule has 1 amide bonds. The number of aromatic amines is 1. The molecule has 0 saturated carbocycles. The number of rotatable bonds is 9. The average Bonchev–Trinajstić information content (AvgIpc) is 2.93. The Morgan fingerprint density at radius 3 is 2.21 bits per heavy atom. The van der Waals surface area contributed by atoms with E-state index >= 15 is 0 Å². The van der Waals surface area contributed by atoms with Crippen LogP contribution in [0.4, 0.5) is 4.39 Å². The molecule has 2 N–H and O–H groups in total. The van der Waals surface area contributed by atoms with E-state index in [0.717, 1.165) is 18.4 Å². The lowest BCUT2D eigenvalue weighted by Gasteiger charge is -2.34. The SMILES string of the molecule is CCCCc1[nH]c(=O)c(C(=O)N2CCN(Cc3ccc(F)cc3)CC2)c(O)c1-c1c(OC)cccc1OC. The van der Waals surface area contributed by atoms with Gasteiger partial charge in [-0.1, -0.05) is 31.5 Å². The second-order valence-corrected chi connectivity index (χ2v) is 9.37. The van der Waals surface area contributed by atoms with Crippen LogP contribution in [0, 0.1) is 5.82 Å². The largest absolute Gasteiger partial charge is 0.506 e. The van der Waals surface area contributed by atoms with E-state index in [4.69, 9.17) is 9.47 Å². The van der Waals surface area contributed by atoms with Crippen LogP contribution in [0.1, 0.15) is 41.4 Å². The van der Waals surface area contributed by atoms with Crippen molar-refractivity contribution in [3.8, 4) is 28.4 Å². The lowest BCUT2D eigenvalue weighted by molar-refractivity contribution is 0.0623. The number of pyridine rings is 1. The molecule has 0 spiro atoms. The zero-order valence-electron chi connectivity index (χ0n) is 22.1. The van der Waals surface area contributed by atoms with Gasteiger partial charge in [0.15, 0.2) is 0 Å². The molecule has 3 aromatic rings. The van der Waals surface area contributed by atoms with Gasteiger partial charge in [0, 0.05) is 38.4 Å². The fourth-order valence-electron chi connectivity index (χ4n) is 4.86. The maximum atomic E-state index is 13.6. The number of unbranched alkanes of at least 4 members (excludes halogenated alkanes) is 1. The third-order valence-electron chi connectivity index (χ3n) is 6.92. The van der Waals surface area contributed by atoms with Gasteiger partial charge in [0.1, 0.15) is 28.6 Å². The Labute approximate surface area is 221 Å². The third kappa shape index (κ3) is 5.67. The number of carbonyl (C=O) groups is 1. The monoisotopic (exact) mass is 523 g/mol. The molecule has 0 unspecified atom stereocenters. The Bertz CT molecular complexity index is 1310. The van der Waals surface area contributed by atoms with Gasteiger partial charge in [-0.2, -0.15) is 0 Å². The normalized spacial score (nSPS) is 13.9. The van der Waals surface area contributed by atoms with Crippen LogP contribution < -0.4 is 15.0 Å². The lowest BCUT2D eigenvalue weighted by atomic mass is 9.95. The topological polar surface area (TPSA) is 95.1 Å². The van der Waals surface area contributed by atoms with E-state index in [1.54, 1.807) is 35.2 Å². The van der Waals surface area contributed by atoms with Crippen molar-refractivity contribution in [2.75, 3.05) is 40.4 Å². The highest BCUT2D eigenvalue weighted by atomic mass is 19.1. The number of H-pyrrole nitrogens is 1. The molecule has 0 radical (unpaired) electrons. The van der Waals surface area contributed by atoms with Gasteiger partial charge in [-0.25, -0.2) is 4.39 Å². The van der Waals surface area contributed by atoms with Gasteiger partial charge < -0.3 is 24.5 Å². The van der Waals surface area contributed by atoms with E-state index in [-0.39, 0.29) is 17.1 Å². The number of carbonyl (C=O) groups excluding carboxylic acids is 1. The second kappa shape index (κ2) is 12.1. The summed E-state index contributed by atoms with van der Waals surface area (Å²) < 4.78 is 24.4. The van der Waals surface area contributed by atoms with Crippen LogP contribution in [0.15, 0.2) is 47.3 Å². The molecule has 1 saturated heterocycles. The summed E-state index contributed by atoms with van der Waals surface area (Å²) in [6, 6.07) is 11.6. The number of benzene rings is 2. The van der Waals surface area contributed by atoms with Crippen molar-refractivity contribution in [1.82, 2.24) is 14.8 Å². The van der Waals surface area contributed by atoms with Crippen molar-refractivity contribution in [3.63, 3.8) is 0 Å². The number of halogens is 1. The van der Waals surface area contributed by atoms with Gasteiger partial charge in [0.2, 0.25) is 0 Å². The third-order valence-corrected chi connectivity index (χ3v) is 6.92. The van der Waals surface area contributed by atoms with Crippen molar-refractivity contribution in [2.45, 2.75) is 32.7 Å². The first kappa shape index (κ1) is 27.2. The van der Waals surface area contributed by atoms with Crippen LogP contribution in [-0.4, -0.2) is 66.2 Å². The first-order chi connectivity index (χ1) is 18.4. The van der Waals surface area contributed by atoms with Gasteiger partial charge in [-0.15, -0.1) is 0 Å². The first-order valence-electron chi connectivity index (χ1n) is 12.8. The Balaban J connectivity index is 1.65. The van der Waals surface area contributed by atoms with E-state index in [0.29, 0.717) is 67.5 Å². The molecule has 8 nitrogen and oxygen atoms in total. The van der Waals surface area contributed by atoms with Crippen LogP contribution in [0.2, 0.25) is 0 Å². The summed E-state index contributed by atoms with van der Waals surface area (Å²) in [6.45, 7) is 4.63. The number of nitrogens with one attached hydrogen (secondary N) is 1. The summed E-state index contributed by atoms with van der Waals surface area (Å²) in [5.74, 6) is -0.265. The first-order valence-corrected chi connectivity index (χ1v) is 12.8. The summed E-state index contributed by atoms with van der Waals surface area (Å²) in [6.07, 6.45) is 2.17. The number of ether oxygens (including phenoxy) is 2. The Kier molecular flexibility index (Phi) is 8.68. The van der Waals surface area contributed by atoms with Crippen molar-refractivity contribution >= 4 is 5.91 Å². The van der Waals surface area contributed by atoms with E-state index in [1.165, 1.54) is 26.4 Å². The average molecular weight is 524 g/mol. The van der Waals surface area contributed by atoms with Gasteiger partial charge in [-0.05, 0) is 42.7 Å². The molecule has 1 aliphatic heterocycles. The van der Waals surface area contributed by atoms with Gasteiger partial charge in [-0.3, -0.25) is 14.5 Å². The summed E-state index contributed by atoms with van der Waals surface area (Å²) in [5, 5.41) is 11.5. The van der Waals surface area contributed by atoms with Crippen molar-refractivity contribution < 1.29 is 23.8 Å². The van der Waals surface area contributed by atoms with Crippen molar-refractivity contribution in [2.24, 2.45) is 0 Å². The number of amides is 1. The van der Waals surface area contributed by atoms with E-state index in [1.807, 2.05) is 6.92 Å². The number of hydrogen-bond donors (Lipinski definition) is 2. The quantitative estimate of drug-likeness (QED) is 0.437. The van der Waals surface area contributed by atoms with Gasteiger partial charge in [0.25, 0.3) is 11.5 Å². The highest BCUT2D eigenvalue weighted by Crippen LogP contribution is 2.44. The molecule has 1 aliphatic rings. The maximum Gasteiger partial charge on any atom is 0.264 e. The highest BCUT2D eigenvalue weighted by molar-refractivity contribution is 6.00. The van der Waals surface area contributed by atoms with Gasteiger partial charge >= 0.3 is 0 Å². The molecule has 4 rings (SSSR count). The predicted molar refractivity (Wildman–Crippen MR) is 143 cm³/mol. The number of aryl methyl sites for hydroxylation is 1. The summed E-state index contributed by atoms with van der Waals surface area (Å²) in [5.41, 5.74) is 1.42. The molecule has 2 heterocycles. The fraction of sp³-hybridized carbons (Fsp3) is 0.379. The minimum Gasteiger partial charge on any atom is -0.506 e. The van der Waals surface area contributed by atoms with Crippen molar-refractivity contribution in [3.05, 3.63) is 75.5 Å². The highest BCUT2D eigenvalue weighted by Gasteiger charge is 2.31. The number of methoxy groups -OCH3 is 2. The Hall–Kier alpha value is -3.85. The van der Waals surface area contributed by atoms with Crippen LogP contribution in [0.25, 0.3) is 11.1 Å². The number of aromatic hydroxyl groups is 1. The smallest absolute Gasteiger partial charge is 0.264 e. The lowest BCUT2D eigenvalue weighted by Crippen LogP contribution is -2.49. The number of piperazine rings is 1. The van der Waals surface area contributed by atoms with Crippen LogP contribution in [0.3, 0.4) is 0 Å². The number of hydrogen-bond acceptors (Lipinski definition) is 6. The Morgan fingerprint density at radius 2 is 1.63 bits per heavy atom. The minimum absolute atomic E-state index is 0.278. The molecule has 202 valence electrons. The van der Waals surface area contributed by atoms with E-state index in [9.17, 15) is 19.1 Å². The molecule has 0 atom stereocenters. The zero-order chi connectivity index (χ0) is 27.2. The molecule has 2 aromatic carbocycles. The minimum atomic E-state index is -0.620. The van der Waals surface area contributed by atoms with Crippen LogP contribution in [0.5, 0.6) is 17.2 Å². The molecule has 1 fully saturated rings. The van der Waals surface area contributed by atoms with E-state index < -0.39 is 11.5 Å². The van der Waals surface area contributed by atoms with E-state index in [2.05, 4.69) is 9.88 Å². The molecular weight excluding hydrogens is 489 g/mol. The van der Waals surface area contributed by atoms with Crippen LogP contribution >= 0.6 is 0 Å². The van der Waals surface area contributed by atoms with Gasteiger partial charge in [0.05, 0.1) is 25.3 Å². The molecule has 38 heavy (non-hydrogen) atoms. The van der Waals surface area contributed by atoms with Crippen LogP contribution in [-0.2, 0) is 13.0 Å². The Morgan fingerprint density at radius 1 is 1.00 bits per heavy atom. The summed E-state index contributed by atoms with van der Waals surface area (Å²) >= 11 is 0. The molecule has 1 aromatic heterocycles. The maximum absolute atomic E-state index is 13.6. The standard InChI is InChI=1S/C29H34FN3O5/c1-4-5-7-21-24(25-22(37-2)8-6-9-23(25)38-3)27(34)26(28(35)31-21)29(36)33-16-14-32(15-17-33)18-19-10-12-20(30)13-11-19/h6,8-13H,4-5,7,14-18H2,1-3H3,(H2,31,34,35). The number of aromatic nitrogens is 1. The second-order valence-electron chi connectivity index (χ2n) is 9.37. The molecule has 9 heteroatoms. The summed E-state index contributed by atoms with van der Waals surface area (Å²) in [4.78, 5) is 33.4. The van der Waals surface area contributed by atoms with Crippen molar-refractivity contribution in [1.29, 1.82) is 0 Å².